The summed E-state index contributed by atoms with van der Waals surface area (Å²) in [6.45, 7) is 10.5. The first-order chi connectivity index (χ1) is 9.38. The molecule has 20 heavy (non-hydrogen) atoms. The molecule has 2 N–H and O–H groups in total. The van der Waals surface area contributed by atoms with Crippen molar-refractivity contribution in [2.24, 2.45) is 5.73 Å². The Balaban J connectivity index is 2.30. The Kier molecular flexibility index (Phi) is 4.24. The number of pyridine rings is 1. The van der Waals surface area contributed by atoms with E-state index in [-0.39, 0.29) is 6.04 Å². The molecule has 0 radical (unpaired) electrons. The lowest BCUT2D eigenvalue weighted by atomic mass is 9.91. The number of nitrogens with zero attached hydrogens (tertiary/aromatic N) is 1. The van der Waals surface area contributed by atoms with Crippen LogP contribution in [0.2, 0.25) is 0 Å². The molecular weight excluding hydrogens is 244 g/mol. The molecule has 2 heteroatoms. The molecule has 0 aliphatic carbocycles. The molecule has 1 atom stereocenters. The van der Waals surface area contributed by atoms with Crippen LogP contribution in [0.15, 0.2) is 24.3 Å². The minimum atomic E-state index is 0.00297. The van der Waals surface area contributed by atoms with E-state index in [0.717, 1.165) is 23.4 Å². The Morgan fingerprint density at radius 2 is 1.60 bits per heavy atom. The van der Waals surface area contributed by atoms with Crippen molar-refractivity contribution in [1.29, 1.82) is 0 Å². The van der Waals surface area contributed by atoms with Crippen LogP contribution < -0.4 is 5.73 Å². The van der Waals surface area contributed by atoms with Crippen molar-refractivity contribution in [2.75, 3.05) is 0 Å². The van der Waals surface area contributed by atoms with Gasteiger partial charge < -0.3 is 5.73 Å². The second-order valence-electron chi connectivity index (χ2n) is 5.82. The van der Waals surface area contributed by atoms with Gasteiger partial charge in [-0.05, 0) is 69.4 Å². The largest absolute Gasteiger partial charge is 0.324 e. The smallest absolute Gasteiger partial charge is 0.0423 e. The molecule has 2 aromatic rings. The molecule has 0 aliphatic heterocycles. The van der Waals surface area contributed by atoms with Crippen molar-refractivity contribution in [3.63, 3.8) is 0 Å². The first kappa shape index (κ1) is 14.7. The molecule has 1 heterocycles. The van der Waals surface area contributed by atoms with Gasteiger partial charge in [-0.1, -0.05) is 23.8 Å². The molecule has 0 saturated carbocycles. The van der Waals surface area contributed by atoms with Gasteiger partial charge in [-0.15, -0.1) is 0 Å². The number of benzene rings is 1. The molecule has 1 aromatic heterocycles. The molecule has 0 aliphatic rings. The summed E-state index contributed by atoms with van der Waals surface area (Å²) >= 11 is 0. The fourth-order valence-corrected chi connectivity index (χ4v) is 2.95. The van der Waals surface area contributed by atoms with Crippen LogP contribution >= 0.6 is 0 Å². The summed E-state index contributed by atoms with van der Waals surface area (Å²) in [6.07, 6.45) is 0.865. The molecule has 2 rings (SSSR count). The predicted octanol–water partition coefficient (Wildman–Crippen LogP) is 3.87. The summed E-state index contributed by atoms with van der Waals surface area (Å²) in [7, 11) is 0. The van der Waals surface area contributed by atoms with Crippen LogP contribution in [0.25, 0.3) is 0 Å². The average molecular weight is 268 g/mol. The number of aryl methyl sites for hydroxylation is 5. The second-order valence-corrected chi connectivity index (χ2v) is 5.82. The lowest BCUT2D eigenvalue weighted by Gasteiger charge is -2.18. The molecule has 2 nitrogen and oxygen atoms in total. The third-order valence-corrected chi connectivity index (χ3v) is 3.93. The number of nitrogens with two attached hydrogens (primary N) is 1. The molecule has 0 amide bonds. The van der Waals surface area contributed by atoms with E-state index in [0.29, 0.717) is 0 Å². The van der Waals surface area contributed by atoms with Gasteiger partial charge >= 0.3 is 0 Å². The minimum Gasteiger partial charge on any atom is -0.324 e. The molecule has 1 aromatic carbocycles. The molecular formula is C18H24N2. The van der Waals surface area contributed by atoms with Crippen LogP contribution in [0.3, 0.4) is 0 Å². The summed E-state index contributed by atoms with van der Waals surface area (Å²) in [6, 6.07) is 8.62. The van der Waals surface area contributed by atoms with Gasteiger partial charge in [0.15, 0.2) is 0 Å². The van der Waals surface area contributed by atoms with E-state index in [1.807, 2.05) is 19.9 Å². The third kappa shape index (κ3) is 3.07. The second kappa shape index (κ2) is 5.76. The van der Waals surface area contributed by atoms with Crippen LogP contribution in [0.5, 0.6) is 0 Å². The maximum atomic E-state index is 6.41. The van der Waals surface area contributed by atoms with Crippen LogP contribution in [0.1, 0.15) is 45.2 Å². The molecule has 0 saturated heterocycles. The number of hydrogen-bond donors (Lipinski definition) is 1. The Morgan fingerprint density at radius 1 is 1.00 bits per heavy atom. The van der Waals surface area contributed by atoms with E-state index in [9.17, 15) is 0 Å². The van der Waals surface area contributed by atoms with Crippen molar-refractivity contribution < 1.29 is 0 Å². The highest BCUT2D eigenvalue weighted by atomic mass is 14.7. The van der Waals surface area contributed by atoms with Gasteiger partial charge in [0.2, 0.25) is 0 Å². The van der Waals surface area contributed by atoms with Crippen LogP contribution in [0.4, 0.5) is 0 Å². The van der Waals surface area contributed by atoms with Gasteiger partial charge in [-0.2, -0.15) is 0 Å². The SMILES string of the molecule is Cc1cc(C)c(CC(N)c2ccc(C)nc2C)c(C)c1. The van der Waals surface area contributed by atoms with Crippen LogP contribution in [0, 0.1) is 34.6 Å². The monoisotopic (exact) mass is 268 g/mol. The summed E-state index contributed by atoms with van der Waals surface area (Å²) in [5, 5.41) is 0. The lowest BCUT2D eigenvalue weighted by Crippen LogP contribution is -2.17. The molecule has 0 spiro atoms. The molecule has 1 unspecified atom stereocenters. The fourth-order valence-electron chi connectivity index (χ4n) is 2.95. The van der Waals surface area contributed by atoms with Crippen molar-refractivity contribution in [3.05, 3.63) is 63.5 Å². The summed E-state index contributed by atoms with van der Waals surface area (Å²) in [5.74, 6) is 0. The zero-order valence-electron chi connectivity index (χ0n) is 13.1. The maximum Gasteiger partial charge on any atom is 0.0423 e. The fraction of sp³-hybridized carbons (Fsp3) is 0.389. The van der Waals surface area contributed by atoms with Crippen molar-refractivity contribution in [2.45, 2.75) is 47.1 Å². The van der Waals surface area contributed by atoms with Gasteiger partial charge in [0, 0.05) is 17.4 Å². The number of rotatable bonds is 3. The highest BCUT2D eigenvalue weighted by molar-refractivity contribution is 5.39. The van der Waals surface area contributed by atoms with Gasteiger partial charge in [0.05, 0.1) is 0 Å². The van der Waals surface area contributed by atoms with E-state index in [2.05, 4.69) is 44.0 Å². The van der Waals surface area contributed by atoms with E-state index < -0.39 is 0 Å². The Labute approximate surface area is 122 Å². The van der Waals surface area contributed by atoms with Gasteiger partial charge in [-0.25, -0.2) is 0 Å². The Morgan fingerprint density at radius 3 is 2.15 bits per heavy atom. The zero-order chi connectivity index (χ0) is 14.9. The predicted molar refractivity (Wildman–Crippen MR) is 85.0 cm³/mol. The standard InChI is InChI=1S/C18H24N2/c1-11-8-12(2)17(13(3)9-11)10-18(19)16-7-6-14(4)20-15(16)5/h6-9,18H,10,19H2,1-5H3. The van der Waals surface area contributed by atoms with E-state index in [1.165, 1.54) is 22.3 Å². The normalized spacial score (nSPS) is 12.5. The lowest BCUT2D eigenvalue weighted by molar-refractivity contribution is 0.703. The van der Waals surface area contributed by atoms with E-state index >= 15 is 0 Å². The quantitative estimate of drug-likeness (QED) is 0.918. The molecule has 106 valence electrons. The highest BCUT2D eigenvalue weighted by Gasteiger charge is 2.14. The highest BCUT2D eigenvalue weighted by Crippen LogP contribution is 2.24. The van der Waals surface area contributed by atoms with E-state index in [1.54, 1.807) is 0 Å². The van der Waals surface area contributed by atoms with Crippen LogP contribution in [-0.4, -0.2) is 4.98 Å². The first-order valence-electron chi connectivity index (χ1n) is 7.15. The Bertz CT molecular complexity index is 606. The third-order valence-electron chi connectivity index (χ3n) is 3.93. The topological polar surface area (TPSA) is 38.9 Å². The molecule has 0 bridgehead atoms. The van der Waals surface area contributed by atoms with Crippen molar-refractivity contribution in [3.8, 4) is 0 Å². The summed E-state index contributed by atoms with van der Waals surface area (Å²) in [4.78, 5) is 4.52. The minimum absolute atomic E-state index is 0.00297. The zero-order valence-corrected chi connectivity index (χ0v) is 13.1. The van der Waals surface area contributed by atoms with Crippen molar-refractivity contribution >= 4 is 0 Å². The first-order valence-corrected chi connectivity index (χ1v) is 7.15. The average Bonchev–Trinajstić information content (AvgIpc) is 2.33. The van der Waals surface area contributed by atoms with Crippen molar-refractivity contribution in [1.82, 2.24) is 4.98 Å². The summed E-state index contributed by atoms with van der Waals surface area (Å²) in [5.41, 5.74) is 15.0. The van der Waals surface area contributed by atoms with Gasteiger partial charge in [0.1, 0.15) is 0 Å². The summed E-state index contributed by atoms with van der Waals surface area (Å²) < 4.78 is 0. The Hall–Kier alpha value is -1.67. The van der Waals surface area contributed by atoms with E-state index in [4.69, 9.17) is 5.73 Å². The van der Waals surface area contributed by atoms with Gasteiger partial charge in [-0.3, -0.25) is 4.98 Å². The number of aromatic nitrogens is 1. The van der Waals surface area contributed by atoms with Gasteiger partial charge in [0.25, 0.3) is 0 Å². The molecule has 0 fully saturated rings. The van der Waals surface area contributed by atoms with Crippen LogP contribution in [-0.2, 0) is 6.42 Å². The number of hydrogen-bond acceptors (Lipinski definition) is 2. The maximum absolute atomic E-state index is 6.41.